The molecule has 0 aromatic heterocycles. The van der Waals surface area contributed by atoms with Crippen LogP contribution in [-0.2, 0) is 11.3 Å². The molecule has 0 heterocycles. The first-order chi connectivity index (χ1) is 10.4. The number of hydrogen-bond acceptors (Lipinski definition) is 2. The fourth-order valence-electron chi connectivity index (χ4n) is 2.09. The molecule has 0 saturated carbocycles. The molecular weight excluding hydrogens is 286 g/mol. The molecule has 2 aromatic rings. The van der Waals surface area contributed by atoms with Gasteiger partial charge in [0.2, 0.25) is 5.91 Å². The zero-order chi connectivity index (χ0) is 16.1. The number of likely N-dealkylation sites (N-methyl/N-ethyl adjacent to an activating group) is 1. The lowest BCUT2D eigenvalue weighted by Crippen LogP contribution is -2.30. The third kappa shape index (κ3) is 4.63. The van der Waals surface area contributed by atoms with Crippen molar-refractivity contribution >= 4 is 11.6 Å². The van der Waals surface area contributed by atoms with E-state index in [9.17, 15) is 13.6 Å². The van der Waals surface area contributed by atoms with Crippen molar-refractivity contribution in [3.8, 4) is 0 Å². The summed E-state index contributed by atoms with van der Waals surface area (Å²) in [5.74, 6) is -1.64. The van der Waals surface area contributed by atoms with Gasteiger partial charge >= 0.3 is 0 Å². The smallest absolute Gasteiger partial charge is 0.238 e. The Labute approximate surface area is 128 Å². The van der Waals surface area contributed by atoms with Crippen molar-refractivity contribution in [2.24, 2.45) is 0 Å². The summed E-state index contributed by atoms with van der Waals surface area (Å²) in [6.45, 7) is 2.69. The van der Waals surface area contributed by atoms with Gasteiger partial charge in [0.1, 0.15) is 11.6 Å². The maximum Gasteiger partial charge on any atom is 0.238 e. The number of amides is 1. The van der Waals surface area contributed by atoms with Crippen LogP contribution in [0.1, 0.15) is 11.1 Å². The highest BCUT2D eigenvalue weighted by molar-refractivity contribution is 5.92. The number of hydrogen-bond donors (Lipinski definition) is 1. The van der Waals surface area contributed by atoms with E-state index in [4.69, 9.17) is 0 Å². The first kappa shape index (κ1) is 16.1. The van der Waals surface area contributed by atoms with Gasteiger partial charge in [-0.15, -0.1) is 0 Å². The molecule has 0 aliphatic heterocycles. The molecule has 1 N–H and O–H groups in total. The number of benzene rings is 2. The Balaban J connectivity index is 1.91. The SMILES string of the molecule is Cc1ccc(CN(C)CC(=O)Nc2cc(F)ccc2F)cc1. The summed E-state index contributed by atoms with van der Waals surface area (Å²) in [6.07, 6.45) is 0. The summed E-state index contributed by atoms with van der Waals surface area (Å²) in [5.41, 5.74) is 2.11. The fourth-order valence-corrected chi connectivity index (χ4v) is 2.09. The second-order valence-electron chi connectivity index (χ2n) is 5.33. The summed E-state index contributed by atoms with van der Waals surface area (Å²) in [4.78, 5) is 13.7. The highest BCUT2D eigenvalue weighted by atomic mass is 19.1. The number of carbonyl (C=O) groups excluding carboxylic acids is 1. The molecule has 0 bridgehead atoms. The van der Waals surface area contributed by atoms with Gasteiger partial charge in [-0.1, -0.05) is 29.8 Å². The van der Waals surface area contributed by atoms with Crippen molar-refractivity contribution in [1.29, 1.82) is 0 Å². The predicted molar refractivity (Wildman–Crippen MR) is 82.5 cm³/mol. The largest absolute Gasteiger partial charge is 0.322 e. The summed E-state index contributed by atoms with van der Waals surface area (Å²) in [5, 5.41) is 2.38. The molecule has 116 valence electrons. The summed E-state index contributed by atoms with van der Waals surface area (Å²) >= 11 is 0. The van der Waals surface area contributed by atoms with Crippen LogP contribution in [-0.4, -0.2) is 24.4 Å². The van der Waals surface area contributed by atoms with Crippen molar-refractivity contribution in [3.05, 3.63) is 65.2 Å². The van der Waals surface area contributed by atoms with E-state index in [-0.39, 0.29) is 18.1 Å². The van der Waals surface area contributed by atoms with E-state index in [1.54, 1.807) is 11.9 Å². The van der Waals surface area contributed by atoms with Crippen molar-refractivity contribution in [1.82, 2.24) is 4.90 Å². The normalized spacial score (nSPS) is 10.8. The number of aryl methyl sites for hydroxylation is 1. The highest BCUT2D eigenvalue weighted by Crippen LogP contribution is 2.15. The first-order valence-corrected chi connectivity index (χ1v) is 6.93. The van der Waals surface area contributed by atoms with Gasteiger partial charge in [-0.2, -0.15) is 0 Å². The number of halogens is 2. The van der Waals surface area contributed by atoms with Gasteiger partial charge in [-0.25, -0.2) is 8.78 Å². The number of anilines is 1. The summed E-state index contributed by atoms with van der Waals surface area (Å²) in [6, 6.07) is 11.0. The molecule has 2 rings (SSSR count). The van der Waals surface area contributed by atoms with Crippen molar-refractivity contribution in [2.75, 3.05) is 18.9 Å². The zero-order valence-corrected chi connectivity index (χ0v) is 12.6. The van der Waals surface area contributed by atoms with Crippen LogP contribution in [0, 0.1) is 18.6 Å². The van der Waals surface area contributed by atoms with E-state index in [2.05, 4.69) is 5.32 Å². The Kier molecular flexibility index (Phi) is 5.22. The van der Waals surface area contributed by atoms with Crippen LogP contribution in [0.4, 0.5) is 14.5 Å². The van der Waals surface area contributed by atoms with Crippen LogP contribution in [0.25, 0.3) is 0 Å². The lowest BCUT2D eigenvalue weighted by Gasteiger charge is -2.16. The minimum absolute atomic E-state index is 0.0871. The van der Waals surface area contributed by atoms with E-state index in [0.29, 0.717) is 6.54 Å². The molecule has 0 radical (unpaired) electrons. The summed E-state index contributed by atoms with van der Waals surface area (Å²) in [7, 11) is 1.79. The fraction of sp³-hybridized carbons (Fsp3) is 0.235. The quantitative estimate of drug-likeness (QED) is 0.919. The lowest BCUT2D eigenvalue weighted by atomic mass is 10.1. The second kappa shape index (κ2) is 7.13. The molecule has 2 aromatic carbocycles. The molecule has 22 heavy (non-hydrogen) atoms. The van der Waals surface area contributed by atoms with Gasteiger partial charge in [-0.3, -0.25) is 9.69 Å². The van der Waals surface area contributed by atoms with Crippen LogP contribution < -0.4 is 5.32 Å². The molecule has 5 heteroatoms. The average Bonchev–Trinajstić information content (AvgIpc) is 2.45. The van der Waals surface area contributed by atoms with Gasteiger partial charge in [0, 0.05) is 12.6 Å². The van der Waals surface area contributed by atoms with E-state index < -0.39 is 11.6 Å². The Morgan fingerprint density at radius 3 is 2.50 bits per heavy atom. The van der Waals surface area contributed by atoms with E-state index >= 15 is 0 Å². The van der Waals surface area contributed by atoms with Gasteiger partial charge in [0.15, 0.2) is 0 Å². The van der Waals surface area contributed by atoms with Crippen molar-refractivity contribution in [2.45, 2.75) is 13.5 Å². The van der Waals surface area contributed by atoms with Crippen molar-refractivity contribution in [3.63, 3.8) is 0 Å². The molecular formula is C17H18F2N2O. The minimum Gasteiger partial charge on any atom is -0.322 e. The van der Waals surface area contributed by atoms with Crippen LogP contribution >= 0.6 is 0 Å². The average molecular weight is 304 g/mol. The standard InChI is InChI=1S/C17H18F2N2O/c1-12-3-5-13(6-4-12)10-21(2)11-17(22)20-16-9-14(18)7-8-15(16)19/h3-9H,10-11H2,1-2H3,(H,20,22). The zero-order valence-electron chi connectivity index (χ0n) is 12.6. The van der Waals surface area contributed by atoms with Gasteiger partial charge in [0.25, 0.3) is 0 Å². The summed E-state index contributed by atoms with van der Waals surface area (Å²) < 4.78 is 26.5. The Morgan fingerprint density at radius 2 is 1.82 bits per heavy atom. The van der Waals surface area contributed by atoms with E-state index in [1.807, 2.05) is 31.2 Å². The van der Waals surface area contributed by atoms with E-state index in [1.165, 1.54) is 5.56 Å². The third-order valence-electron chi connectivity index (χ3n) is 3.19. The minimum atomic E-state index is -0.657. The van der Waals surface area contributed by atoms with Crippen LogP contribution in [0.5, 0.6) is 0 Å². The molecule has 0 fully saturated rings. The van der Waals surface area contributed by atoms with Crippen LogP contribution in [0.15, 0.2) is 42.5 Å². The lowest BCUT2D eigenvalue weighted by molar-refractivity contribution is -0.117. The maximum absolute atomic E-state index is 13.5. The Morgan fingerprint density at radius 1 is 1.14 bits per heavy atom. The van der Waals surface area contributed by atoms with Gasteiger partial charge in [-0.05, 0) is 31.7 Å². The Bertz CT molecular complexity index is 656. The number of nitrogens with zero attached hydrogens (tertiary/aromatic N) is 1. The van der Waals surface area contributed by atoms with Crippen LogP contribution in [0.2, 0.25) is 0 Å². The second-order valence-corrected chi connectivity index (χ2v) is 5.33. The number of carbonyl (C=O) groups is 1. The molecule has 0 aliphatic carbocycles. The molecule has 3 nitrogen and oxygen atoms in total. The highest BCUT2D eigenvalue weighted by Gasteiger charge is 2.11. The third-order valence-corrected chi connectivity index (χ3v) is 3.19. The predicted octanol–water partition coefficient (Wildman–Crippen LogP) is 3.34. The van der Waals surface area contributed by atoms with Gasteiger partial charge in [0.05, 0.1) is 12.2 Å². The topological polar surface area (TPSA) is 32.3 Å². The Hall–Kier alpha value is -2.27. The molecule has 0 saturated heterocycles. The molecule has 0 unspecified atom stereocenters. The maximum atomic E-state index is 13.5. The molecule has 0 aliphatic rings. The molecule has 0 atom stereocenters. The van der Waals surface area contributed by atoms with E-state index in [0.717, 1.165) is 23.8 Å². The van der Waals surface area contributed by atoms with Crippen LogP contribution in [0.3, 0.4) is 0 Å². The molecule has 0 spiro atoms. The van der Waals surface area contributed by atoms with Crippen molar-refractivity contribution < 1.29 is 13.6 Å². The number of nitrogens with one attached hydrogen (secondary N) is 1. The number of rotatable bonds is 5. The molecule has 1 amide bonds. The first-order valence-electron chi connectivity index (χ1n) is 6.93. The van der Waals surface area contributed by atoms with Gasteiger partial charge < -0.3 is 5.32 Å². The monoisotopic (exact) mass is 304 g/mol.